The summed E-state index contributed by atoms with van der Waals surface area (Å²) in [7, 11) is 0. The second-order valence-corrected chi connectivity index (χ2v) is 6.27. The maximum Gasteiger partial charge on any atom is 0.101 e. The predicted molar refractivity (Wildman–Crippen MR) is 80.1 cm³/mol. The van der Waals surface area contributed by atoms with Crippen molar-refractivity contribution in [2.24, 2.45) is 5.73 Å². The van der Waals surface area contributed by atoms with Gasteiger partial charge in [-0.1, -0.05) is 45.4 Å². The Hall–Kier alpha value is -0.550. The molecule has 1 heterocycles. The van der Waals surface area contributed by atoms with Crippen molar-refractivity contribution in [2.75, 3.05) is 0 Å². The fourth-order valence-electron chi connectivity index (χ4n) is 1.48. The summed E-state index contributed by atoms with van der Waals surface area (Å²) in [4.78, 5) is 5.36. The second-order valence-electron chi connectivity index (χ2n) is 3.89. The van der Waals surface area contributed by atoms with Crippen molar-refractivity contribution in [1.82, 2.24) is 4.98 Å². The quantitative estimate of drug-likeness (QED) is 0.880. The van der Waals surface area contributed by atoms with Gasteiger partial charge in [0.05, 0.1) is 5.02 Å². The molecule has 0 amide bonds. The third kappa shape index (κ3) is 3.48. The number of halogens is 2. The van der Waals surface area contributed by atoms with Crippen LogP contribution in [0.5, 0.6) is 0 Å². The molecule has 1 aromatic carbocycles. The fourth-order valence-corrected chi connectivity index (χ4v) is 3.28. The molecule has 2 nitrogen and oxygen atoms in total. The Kier molecular flexibility index (Phi) is 4.67. The van der Waals surface area contributed by atoms with Crippen LogP contribution in [0.25, 0.3) is 0 Å². The van der Waals surface area contributed by atoms with E-state index in [-0.39, 0.29) is 6.04 Å². The number of nitrogens with two attached hydrogens (primary N) is 1. The van der Waals surface area contributed by atoms with Crippen LogP contribution < -0.4 is 5.73 Å². The molecule has 0 fully saturated rings. The van der Waals surface area contributed by atoms with Gasteiger partial charge in [0.25, 0.3) is 0 Å². The summed E-state index contributed by atoms with van der Waals surface area (Å²) < 4.78 is 1.02. The second kappa shape index (κ2) is 6.06. The molecule has 0 spiro atoms. The van der Waals surface area contributed by atoms with Crippen LogP contribution in [-0.4, -0.2) is 4.98 Å². The first-order valence-electron chi connectivity index (χ1n) is 5.40. The predicted octanol–water partition coefficient (Wildman–Crippen LogP) is 4.67. The lowest BCUT2D eigenvalue weighted by Crippen LogP contribution is -2.05. The van der Waals surface area contributed by atoms with Crippen molar-refractivity contribution < 1.29 is 0 Å². The first-order chi connectivity index (χ1) is 8.56. The van der Waals surface area contributed by atoms with E-state index in [1.807, 2.05) is 31.2 Å². The number of hydrogen-bond acceptors (Lipinski definition) is 3. The highest BCUT2D eigenvalue weighted by Gasteiger charge is 2.07. The first-order valence-corrected chi connectivity index (χ1v) is 7.39. The van der Waals surface area contributed by atoms with E-state index in [1.54, 1.807) is 18.0 Å². The van der Waals surface area contributed by atoms with Gasteiger partial charge in [0, 0.05) is 21.6 Å². The molecule has 0 saturated carbocycles. The SMILES string of the molecule is CC(N)c1ccc(Sc2ccc(Cl)cn2)cc1Br. The van der Waals surface area contributed by atoms with Crippen LogP contribution in [0, 0.1) is 0 Å². The minimum absolute atomic E-state index is 0.0204. The molecule has 18 heavy (non-hydrogen) atoms. The molecule has 0 aliphatic carbocycles. The van der Waals surface area contributed by atoms with Gasteiger partial charge in [-0.2, -0.15) is 0 Å². The number of nitrogens with zero attached hydrogens (tertiary/aromatic N) is 1. The lowest BCUT2D eigenvalue weighted by atomic mass is 10.1. The average molecular weight is 344 g/mol. The van der Waals surface area contributed by atoms with Crippen LogP contribution in [-0.2, 0) is 0 Å². The summed E-state index contributed by atoms with van der Waals surface area (Å²) in [5, 5.41) is 1.56. The van der Waals surface area contributed by atoms with Crippen molar-refractivity contribution in [3.05, 3.63) is 51.6 Å². The zero-order valence-electron chi connectivity index (χ0n) is 9.73. The number of rotatable bonds is 3. The van der Waals surface area contributed by atoms with E-state index in [0.29, 0.717) is 5.02 Å². The van der Waals surface area contributed by atoms with Gasteiger partial charge in [-0.25, -0.2) is 4.98 Å². The normalized spacial score (nSPS) is 12.4. The Balaban J connectivity index is 2.20. The molecule has 5 heteroatoms. The maximum atomic E-state index is 5.87. The molecule has 1 atom stereocenters. The molecule has 0 aliphatic rings. The standard InChI is InChI=1S/C13H12BrClN2S/c1-8(16)11-4-3-10(6-12(11)14)18-13-5-2-9(15)7-17-13/h2-8H,16H2,1H3. The third-order valence-electron chi connectivity index (χ3n) is 2.39. The topological polar surface area (TPSA) is 38.9 Å². The van der Waals surface area contributed by atoms with Crippen molar-refractivity contribution in [3.63, 3.8) is 0 Å². The van der Waals surface area contributed by atoms with E-state index in [0.717, 1.165) is 20.0 Å². The summed E-state index contributed by atoms with van der Waals surface area (Å²) >= 11 is 10.9. The Morgan fingerprint density at radius 2 is 2.11 bits per heavy atom. The molecule has 1 unspecified atom stereocenters. The van der Waals surface area contributed by atoms with Gasteiger partial charge in [0.1, 0.15) is 5.03 Å². The van der Waals surface area contributed by atoms with Gasteiger partial charge in [-0.3, -0.25) is 0 Å². The van der Waals surface area contributed by atoms with E-state index in [1.165, 1.54) is 0 Å². The molecule has 2 aromatic rings. The maximum absolute atomic E-state index is 5.87. The van der Waals surface area contributed by atoms with E-state index in [4.69, 9.17) is 17.3 Å². The van der Waals surface area contributed by atoms with Crippen LogP contribution in [0.15, 0.2) is 50.9 Å². The van der Waals surface area contributed by atoms with Crippen LogP contribution in [0.4, 0.5) is 0 Å². The average Bonchev–Trinajstić information content (AvgIpc) is 2.32. The molecular formula is C13H12BrClN2S. The zero-order valence-corrected chi connectivity index (χ0v) is 12.9. The monoisotopic (exact) mass is 342 g/mol. The number of hydrogen-bond donors (Lipinski definition) is 1. The first kappa shape index (κ1) is 13.9. The molecular weight excluding hydrogens is 332 g/mol. The largest absolute Gasteiger partial charge is 0.324 e. The molecule has 2 N–H and O–H groups in total. The van der Waals surface area contributed by atoms with Gasteiger partial charge in [-0.05, 0) is 36.8 Å². The molecule has 0 aliphatic heterocycles. The van der Waals surface area contributed by atoms with Crippen molar-refractivity contribution in [3.8, 4) is 0 Å². The van der Waals surface area contributed by atoms with Crippen molar-refractivity contribution >= 4 is 39.3 Å². The number of pyridine rings is 1. The fraction of sp³-hybridized carbons (Fsp3) is 0.154. The Morgan fingerprint density at radius 1 is 1.33 bits per heavy atom. The third-order valence-corrected chi connectivity index (χ3v) is 4.24. The van der Waals surface area contributed by atoms with Gasteiger partial charge < -0.3 is 5.73 Å². The molecule has 2 rings (SSSR count). The molecule has 0 radical (unpaired) electrons. The molecule has 0 saturated heterocycles. The summed E-state index contributed by atoms with van der Waals surface area (Å²) in [6.45, 7) is 1.97. The van der Waals surface area contributed by atoms with Gasteiger partial charge >= 0.3 is 0 Å². The summed E-state index contributed by atoms with van der Waals surface area (Å²) in [6, 6.07) is 9.90. The van der Waals surface area contributed by atoms with E-state index in [2.05, 4.69) is 27.0 Å². The van der Waals surface area contributed by atoms with Crippen LogP contribution in [0.1, 0.15) is 18.5 Å². The Bertz CT molecular complexity index is 543. The lowest BCUT2D eigenvalue weighted by molar-refractivity contribution is 0.811. The number of aromatic nitrogens is 1. The zero-order chi connectivity index (χ0) is 13.1. The van der Waals surface area contributed by atoms with Crippen LogP contribution in [0.3, 0.4) is 0 Å². The minimum atomic E-state index is 0.0204. The lowest BCUT2D eigenvalue weighted by Gasteiger charge is -2.09. The smallest absolute Gasteiger partial charge is 0.101 e. The minimum Gasteiger partial charge on any atom is -0.324 e. The van der Waals surface area contributed by atoms with Crippen LogP contribution >= 0.6 is 39.3 Å². The molecule has 0 bridgehead atoms. The van der Waals surface area contributed by atoms with Gasteiger partial charge in [-0.15, -0.1) is 0 Å². The van der Waals surface area contributed by atoms with E-state index >= 15 is 0 Å². The highest BCUT2D eigenvalue weighted by molar-refractivity contribution is 9.10. The number of benzene rings is 1. The van der Waals surface area contributed by atoms with E-state index in [9.17, 15) is 0 Å². The van der Waals surface area contributed by atoms with Gasteiger partial charge in [0.2, 0.25) is 0 Å². The highest BCUT2D eigenvalue weighted by Crippen LogP contribution is 2.31. The summed E-state index contributed by atoms with van der Waals surface area (Å²) in [6.07, 6.45) is 1.65. The van der Waals surface area contributed by atoms with E-state index < -0.39 is 0 Å². The Labute approximate surface area is 124 Å². The highest BCUT2D eigenvalue weighted by atomic mass is 79.9. The van der Waals surface area contributed by atoms with Crippen LogP contribution in [0.2, 0.25) is 5.02 Å². The van der Waals surface area contributed by atoms with Crippen molar-refractivity contribution in [2.45, 2.75) is 22.9 Å². The summed E-state index contributed by atoms with van der Waals surface area (Å²) in [5.74, 6) is 0. The molecule has 1 aromatic heterocycles. The van der Waals surface area contributed by atoms with Gasteiger partial charge in [0.15, 0.2) is 0 Å². The Morgan fingerprint density at radius 3 is 2.67 bits per heavy atom. The molecule has 94 valence electrons. The van der Waals surface area contributed by atoms with Crippen molar-refractivity contribution in [1.29, 1.82) is 0 Å². The summed E-state index contributed by atoms with van der Waals surface area (Å²) in [5.41, 5.74) is 6.97.